The highest BCUT2D eigenvalue weighted by molar-refractivity contribution is 5.92. The van der Waals surface area contributed by atoms with Crippen LogP contribution in [0.5, 0.6) is 0 Å². The molecule has 0 aliphatic heterocycles. The topological polar surface area (TPSA) is 46.4 Å². The Morgan fingerprint density at radius 2 is 1.87 bits per heavy atom. The average molecular weight is 319 g/mol. The third-order valence-electron chi connectivity index (χ3n) is 3.25. The Bertz CT molecular complexity index is 805. The molecule has 0 saturated carbocycles. The summed E-state index contributed by atoms with van der Waals surface area (Å²) in [5, 5.41) is 2.56. The summed E-state index contributed by atoms with van der Waals surface area (Å²) in [5.74, 6) is -0.340. The SMILES string of the molecule is O=C(Cc1cn2ccccc2n1)Nc1ccc(C(F)(F)F)cc1. The fraction of sp³-hybridized carbons (Fsp3) is 0.125. The molecule has 2 aromatic heterocycles. The molecule has 0 bridgehead atoms. The average Bonchev–Trinajstić information content (AvgIpc) is 2.88. The minimum absolute atomic E-state index is 0.0443. The van der Waals surface area contributed by atoms with Gasteiger partial charge in [0.15, 0.2) is 0 Å². The van der Waals surface area contributed by atoms with Crippen LogP contribution in [0.2, 0.25) is 0 Å². The Labute approximate surface area is 129 Å². The molecule has 0 atom stereocenters. The van der Waals surface area contributed by atoms with Crippen LogP contribution in [-0.4, -0.2) is 15.3 Å². The maximum atomic E-state index is 12.5. The van der Waals surface area contributed by atoms with Crippen molar-refractivity contribution >= 4 is 17.2 Å². The van der Waals surface area contributed by atoms with Crippen molar-refractivity contribution in [3.8, 4) is 0 Å². The lowest BCUT2D eigenvalue weighted by atomic mass is 10.2. The van der Waals surface area contributed by atoms with Crippen LogP contribution in [0.1, 0.15) is 11.3 Å². The van der Waals surface area contributed by atoms with Crippen molar-refractivity contribution in [3.05, 3.63) is 66.1 Å². The molecule has 1 aromatic carbocycles. The van der Waals surface area contributed by atoms with E-state index in [-0.39, 0.29) is 12.3 Å². The number of nitrogens with one attached hydrogen (secondary N) is 1. The van der Waals surface area contributed by atoms with E-state index in [0.29, 0.717) is 11.4 Å². The van der Waals surface area contributed by atoms with Crippen LogP contribution in [0.25, 0.3) is 5.65 Å². The summed E-state index contributed by atoms with van der Waals surface area (Å²) in [6, 6.07) is 9.82. The normalized spacial score (nSPS) is 11.6. The lowest BCUT2D eigenvalue weighted by Gasteiger charge is -2.08. The number of pyridine rings is 1. The highest BCUT2D eigenvalue weighted by Crippen LogP contribution is 2.29. The largest absolute Gasteiger partial charge is 0.416 e. The van der Waals surface area contributed by atoms with Gasteiger partial charge in [-0.25, -0.2) is 4.98 Å². The third kappa shape index (κ3) is 3.50. The number of hydrogen-bond acceptors (Lipinski definition) is 2. The summed E-state index contributed by atoms with van der Waals surface area (Å²) in [6.07, 6.45) is -0.789. The summed E-state index contributed by atoms with van der Waals surface area (Å²) >= 11 is 0. The van der Waals surface area contributed by atoms with Gasteiger partial charge in [-0.05, 0) is 36.4 Å². The van der Waals surface area contributed by atoms with E-state index in [9.17, 15) is 18.0 Å². The van der Waals surface area contributed by atoms with E-state index in [2.05, 4.69) is 10.3 Å². The van der Waals surface area contributed by atoms with Gasteiger partial charge in [0.2, 0.25) is 5.91 Å². The van der Waals surface area contributed by atoms with Crippen molar-refractivity contribution in [2.45, 2.75) is 12.6 Å². The van der Waals surface area contributed by atoms with Crippen LogP contribution in [0.15, 0.2) is 54.9 Å². The highest BCUT2D eigenvalue weighted by atomic mass is 19.4. The molecule has 3 rings (SSSR count). The first-order valence-electron chi connectivity index (χ1n) is 6.81. The van der Waals surface area contributed by atoms with Gasteiger partial charge in [-0.3, -0.25) is 4.79 Å². The highest BCUT2D eigenvalue weighted by Gasteiger charge is 2.29. The monoisotopic (exact) mass is 319 g/mol. The van der Waals surface area contributed by atoms with E-state index >= 15 is 0 Å². The molecule has 23 heavy (non-hydrogen) atoms. The van der Waals surface area contributed by atoms with Crippen molar-refractivity contribution in [1.29, 1.82) is 0 Å². The Kier molecular flexibility index (Phi) is 3.77. The van der Waals surface area contributed by atoms with Gasteiger partial charge in [-0.15, -0.1) is 0 Å². The van der Waals surface area contributed by atoms with Crippen LogP contribution < -0.4 is 5.32 Å². The van der Waals surface area contributed by atoms with Crippen molar-refractivity contribution in [2.24, 2.45) is 0 Å². The molecular weight excluding hydrogens is 307 g/mol. The summed E-state index contributed by atoms with van der Waals surface area (Å²) in [6.45, 7) is 0. The number of imidazole rings is 1. The van der Waals surface area contributed by atoms with E-state index in [4.69, 9.17) is 0 Å². The van der Waals surface area contributed by atoms with Gasteiger partial charge in [-0.2, -0.15) is 13.2 Å². The van der Waals surface area contributed by atoms with E-state index in [1.54, 1.807) is 10.6 Å². The molecule has 0 fully saturated rings. The number of aromatic nitrogens is 2. The number of halogens is 3. The standard InChI is InChI=1S/C16H12F3N3O/c17-16(18,19)11-4-6-12(7-5-11)21-15(23)9-13-10-22-8-2-1-3-14(22)20-13/h1-8,10H,9H2,(H,21,23). The van der Waals surface area contributed by atoms with Crippen molar-refractivity contribution < 1.29 is 18.0 Å². The van der Waals surface area contributed by atoms with E-state index in [1.165, 1.54) is 12.1 Å². The number of benzene rings is 1. The first kappa shape index (κ1) is 15.1. The molecule has 0 spiro atoms. The molecule has 2 heterocycles. The van der Waals surface area contributed by atoms with E-state index in [1.807, 2.05) is 24.4 Å². The van der Waals surface area contributed by atoms with Gasteiger partial charge in [-0.1, -0.05) is 6.07 Å². The first-order chi connectivity index (χ1) is 10.9. The summed E-state index contributed by atoms with van der Waals surface area (Å²) in [4.78, 5) is 16.3. The molecule has 0 saturated heterocycles. The number of alkyl halides is 3. The smallest absolute Gasteiger partial charge is 0.326 e. The number of anilines is 1. The van der Waals surface area contributed by atoms with Crippen LogP contribution in [-0.2, 0) is 17.4 Å². The minimum atomic E-state index is -4.39. The quantitative estimate of drug-likeness (QED) is 0.803. The number of carbonyl (C=O) groups is 1. The fourth-order valence-electron chi connectivity index (χ4n) is 2.18. The molecule has 0 aliphatic carbocycles. The zero-order valence-corrected chi connectivity index (χ0v) is 11.8. The predicted octanol–water partition coefficient (Wildman–Crippen LogP) is 3.53. The Morgan fingerprint density at radius 3 is 2.52 bits per heavy atom. The summed E-state index contributed by atoms with van der Waals surface area (Å²) in [5.41, 5.74) is 0.869. The zero-order chi connectivity index (χ0) is 16.4. The molecule has 0 unspecified atom stereocenters. The number of amides is 1. The molecule has 4 nitrogen and oxygen atoms in total. The molecule has 1 amide bonds. The second-order valence-electron chi connectivity index (χ2n) is 5.00. The zero-order valence-electron chi connectivity index (χ0n) is 11.8. The van der Waals surface area contributed by atoms with Crippen LogP contribution in [0, 0.1) is 0 Å². The van der Waals surface area contributed by atoms with Gasteiger partial charge < -0.3 is 9.72 Å². The Balaban J connectivity index is 1.67. The second kappa shape index (κ2) is 5.75. The molecule has 0 aliphatic rings. The number of fused-ring (bicyclic) bond motifs is 1. The summed E-state index contributed by atoms with van der Waals surface area (Å²) in [7, 11) is 0. The van der Waals surface area contributed by atoms with Crippen LogP contribution in [0.4, 0.5) is 18.9 Å². The van der Waals surface area contributed by atoms with Crippen molar-refractivity contribution in [3.63, 3.8) is 0 Å². The maximum absolute atomic E-state index is 12.5. The van der Waals surface area contributed by atoms with Gasteiger partial charge in [0, 0.05) is 18.1 Å². The van der Waals surface area contributed by atoms with E-state index in [0.717, 1.165) is 17.8 Å². The molecule has 0 radical (unpaired) electrons. The molecular formula is C16H12F3N3O. The first-order valence-corrected chi connectivity index (χ1v) is 6.81. The minimum Gasteiger partial charge on any atom is -0.326 e. The number of nitrogens with zero attached hydrogens (tertiary/aromatic N) is 2. The summed E-state index contributed by atoms with van der Waals surface area (Å²) < 4.78 is 39.2. The number of carbonyl (C=O) groups excluding carboxylic acids is 1. The lowest BCUT2D eigenvalue weighted by Crippen LogP contribution is -2.15. The Morgan fingerprint density at radius 1 is 1.13 bits per heavy atom. The molecule has 3 aromatic rings. The van der Waals surface area contributed by atoms with Gasteiger partial charge in [0.05, 0.1) is 17.7 Å². The second-order valence-corrected chi connectivity index (χ2v) is 5.00. The van der Waals surface area contributed by atoms with Gasteiger partial charge in [0.1, 0.15) is 5.65 Å². The number of hydrogen-bond donors (Lipinski definition) is 1. The third-order valence-corrected chi connectivity index (χ3v) is 3.25. The molecule has 1 N–H and O–H groups in total. The van der Waals surface area contributed by atoms with Gasteiger partial charge in [0.25, 0.3) is 0 Å². The number of rotatable bonds is 3. The lowest BCUT2D eigenvalue weighted by molar-refractivity contribution is -0.137. The van der Waals surface area contributed by atoms with Crippen LogP contribution >= 0.6 is 0 Å². The van der Waals surface area contributed by atoms with Gasteiger partial charge >= 0.3 is 6.18 Å². The maximum Gasteiger partial charge on any atom is 0.416 e. The van der Waals surface area contributed by atoms with Crippen molar-refractivity contribution in [2.75, 3.05) is 5.32 Å². The van der Waals surface area contributed by atoms with Crippen LogP contribution in [0.3, 0.4) is 0 Å². The predicted molar refractivity (Wildman–Crippen MR) is 79.0 cm³/mol. The van der Waals surface area contributed by atoms with E-state index < -0.39 is 11.7 Å². The molecule has 7 heteroatoms. The van der Waals surface area contributed by atoms with Crippen molar-refractivity contribution in [1.82, 2.24) is 9.38 Å². The fourth-order valence-corrected chi connectivity index (χ4v) is 2.18. The Hall–Kier alpha value is -2.83. The molecule has 118 valence electrons.